The van der Waals surface area contributed by atoms with Crippen LogP contribution in [0.15, 0.2) is 47.4 Å². The number of sulfonamides is 1. The van der Waals surface area contributed by atoms with E-state index in [1.807, 2.05) is 27.7 Å². The number of rotatable bonds is 7. The highest BCUT2D eigenvalue weighted by molar-refractivity contribution is 7.89. The van der Waals surface area contributed by atoms with Gasteiger partial charge in [-0.15, -0.1) is 0 Å². The third-order valence-corrected chi connectivity index (χ3v) is 8.70. The second-order valence-corrected chi connectivity index (χ2v) is 10.7. The monoisotopic (exact) mass is 498 g/mol. The number of halogens is 1. The number of aromatic nitrogens is 2. The average molecular weight is 499 g/mol. The standard InChI is InChI=1S/C26H31FN4O3S/c1-5-29(6-2)35(33,34)23-13-14-25-20(16-23)8-7-15-30(25)26(32)17-24-18(3)28-31(19(24)4)22-11-9-21(27)10-12-22/h9-14,16H,5-8,15,17H2,1-4H3. The minimum absolute atomic E-state index is 0.0600. The van der Waals surface area contributed by atoms with Crippen LogP contribution in [0.5, 0.6) is 0 Å². The predicted molar refractivity (Wildman–Crippen MR) is 134 cm³/mol. The third kappa shape index (κ3) is 4.75. The molecule has 0 N–H and O–H groups in total. The minimum atomic E-state index is -3.56. The van der Waals surface area contributed by atoms with Crippen molar-refractivity contribution in [1.29, 1.82) is 0 Å². The molecule has 0 spiro atoms. The molecule has 9 heteroatoms. The highest BCUT2D eigenvalue weighted by atomic mass is 32.2. The Kier molecular flexibility index (Phi) is 7.10. The van der Waals surface area contributed by atoms with Crippen LogP contribution < -0.4 is 4.90 Å². The summed E-state index contributed by atoms with van der Waals surface area (Å²) in [5.41, 5.74) is 4.79. The molecule has 7 nitrogen and oxygen atoms in total. The maximum atomic E-state index is 13.4. The van der Waals surface area contributed by atoms with Crippen molar-refractivity contribution < 1.29 is 17.6 Å². The van der Waals surface area contributed by atoms with Crippen LogP contribution in [-0.4, -0.2) is 48.0 Å². The highest BCUT2D eigenvalue weighted by Crippen LogP contribution is 2.31. The normalized spacial score (nSPS) is 13.8. The Labute approximate surface area is 206 Å². The summed E-state index contributed by atoms with van der Waals surface area (Å²) in [7, 11) is -3.56. The quantitative estimate of drug-likeness (QED) is 0.490. The lowest BCUT2D eigenvalue weighted by molar-refractivity contribution is -0.118. The molecule has 3 aromatic rings. The van der Waals surface area contributed by atoms with Crippen LogP contribution >= 0.6 is 0 Å². The number of nitrogens with zero attached hydrogens (tertiary/aromatic N) is 4. The molecular weight excluding hydrogens is 467 g/mol. The van der Waals surface area contributed by atoms with E-state index in [-0.39, 0.29) is 23.0 Å². The summed E-state index contributed by atoms with van der Waals surface area (Å²) in [6.45, 7) is 8.81. The molecule has 1 aliphatic heterocycles. The Morgan fingerprint density at radius 2 is 1.77 bits per heavy atom. The number of hydrogen-bond donors (Lipinski definition) is 0. The number of aryl methyl sites for hydroxylation is 2. The molecule has 0 unspecified atom stereocenters. The number of hydrogen-bond acceptors (Lipinski definition) is 4. The number of fused-ring (bicyclic) bond motifs is 1. The zero-order chi connectivity index (χ0) is 25.3. The first-order valence-electron chi connectivity index (χ1n) is 11.9. The molecule has 0 aliphatic carbocycles. The zero-order valence-corrected chi connectivity index (χ0v) is 21.4. The topological polar surface area (TPSA) is 75.5 Å². The van der Waals surface area contributed by atoms with Gasteiger partial charge in [0.2, 0.25) is 15.9 Å². The molecular formula is C26H31FN4O3S. The maximum Gasteiger partial charge on any atom is 0.243 e. The number of anilines is 1. The lowest BCUT2D eigenvalue weighted by Crippen LogP contribution is -2.37. The summed E-state index contributed by atoms with van der Waals surface area (Å²) < 4.78 is 42.4. The van der Waals surface area contributed by atoms with Gasteiger partial charge in [0, 0.05) is 36.6 Å². The van der Waals surface area contributed by atoms with Gasteiger partial charge in [0.1, 0.15) is 5.82 Å². The van der Waals surface area contributed by atoms with Gasteiger partial charge in [-0.1, -0.05) is 13.8 Å². The van der Waals surface area contributed by atoms with Crippen LogP contribution in [0.4, 0.5) is 10.1 Å². The van der Waals surface area contributed by atoms with E-state index >= 15 is 0 Å². The van der Waals surface area contributed by atoms with Crippen LogP contribution in [0.1, 0.15) is 42.8 Å². The smallest absolute Gasteiger partial charge is 0.243 e. The van der Waals surface area contributed by atoms with E-state index in [0.717, 1.165) is 46.7 Å². The highest BCUT2D eigenvalue weighted by Gasteiger charge is 2.28. The first-order valence-corrected chi connectivity index (χ1v) is 13.4. The maximum absolute atomic E-state index is 13.4. The Morgan fingerprint density at radius 1 is 1.09 bits per heavy atom. The van der Waals surface area contributed by atoms with E-state index in [4.69, 9.17) is 0 Å². The van der Waals surface area contributed by atoms with Crippen molar-refractivity contribution in [1.82, 2.24) is 14.1 Å². The van der Waals surface area contributed by atoms with Gasteiger partial charge in [0.15, 0.2) is 0 Å². The van der Waals surface area contributed by atoms with E-state index in [1.54, 1.807) is 39.9 Å². The molecule has 1 aliphatic rings. The second-order valence-electron chi connectivity index (χ2n) is 8.74. The van der Waals surface area contributed by atoms with Gasteiger partial charge in [-0.05, 0) is 74.7 Å². The number of benzene rings is 2. The number of carbonyl (C=O) groups excluding carboxylic acids is 1. The molecule has 0 radical (unpaired) electrons. The summed E-state index contributed by atoms with van der Waals surface area (Å²) in [6.07, 6.45) is 1.67. The van der Waals surface area contributed by atoms with Crippen LogP contribution in [-0.2, 0) is 27.7 Å². The Morgan fingerprint density at radius 3 is 2.43 bits per heavy atom. The van der Waals surface area contributed by atoms with E-state index in [0.29, 0.717) is 19.6 Å². The summed E-state index contributed by atoms with van der Waals surface area (Å²) in [5, 5.41) is 4.58. The van der Waals surface area contributed by atoms with Crippen molar-refractivity contribution in [2.24, 2.45) is 0 Å². The molecule has 4 rings (SSSR count). The second kappa shape index (κ2) is 9.91. The summed E-state index contributed by atoms with van der Waals surface area (Å²) in [4.78, 5) is 15.4. The summed E-state index contributed by atoms with van der Waals surface area (Å²) in [6, 6.07) is 11.2. The molecule has 0 atom stereocenters. The Bertz CT molecular complexity index is 1350. The number of amides is 1. The fourth-order valence-electron chi connectivity index (χ4n) is 4.72. The van der Waals surface area contributed by atoms with Gasteiger partial charge in [-0.25, -0.2) is 17.5 Å². The number of carbonyl (C=O) groups is 1. The molecule has 1 aromatic heterocycles. The van der Waals surface area contributed by atoms with Crippen LogP contribution in [0.25, 0.3) is 5.69 Å². The van der Waals surface area contributed by atoms with E-state index in [2.05, 4.69) is 5.10 Å². The van der Waals surface area contributed by atoms with Crippen LogP contribution in [0, 0.1) is 19.7 Å². The molecule has 0 bridgehead atoms. The zero-order valence-electron chi connectivity index (χ0n) is 20.6. The van der Waals surface area contributed by atoms with Crippen molar-refractivity contribution in [2.45, 2.75) is 51.9 Å². The molecule has 35 heavy (non-hydrogen) atoms. The molecule has 186 valence electrons. The van der Waals surface area contributed by atoms with Gasteiger partial charge in [-0.2, -0.15) is 9.40 Å². The molecule has 2 aromatic carbocycles. The van der Waals surface area contributed by atoms with E-state index in [9.17, 15) is 17.6 Å². The molecule has 0 saturated heterocycles. The van der Waals surface area contributed by atoms with Crippen LogP contribution in [0.3, 0.4) is 0 Å². The van der Waals surface area contributed by atoms with E-state index < -0.39 is 10.0 Å². The summed E-state index contributed by atoms with van der Waals surface area (Å²) >= 11 is 0. The van der Waals surface area contributed by atoms with Crippen molar-refractivity contribution in [3.63, 3.8) is 0 Å². The lowest BCUT2D eigenvalue weighted by atomic mass is 10.0. The first kappa shape index (κ1) is 25.1. The van der Waals surface area contributed by atoms with E-state index in [1.165, 1.54) is 16.4 Å². The van der Waals surface area contributed by atoms with Gasteiger partial charge < -0.3 is 4.90 Å². The molecule has 2 heterocycles. The molecule has 0 fully saturated rings. The predicted octanol–water partition coefficient (Wildman–Crippen LogP) is 4.18. The van der Waals surface area contributed by atoms with Gasteiger partial charge in [0.25, 0.3) is 0 Å². The van der Waals surface area contributed by atoms with Crippen molar-refractivity contribution in [3.05, 3.63) is 70.8 Å². The van der Waals surface area contributed by atoms with Gasteiger partial charge >= 0.3 is 0 Å². The fourth-order valence-corrected chi connectivity index (χ4v) is 6.23. The van der Waals surface area contributed by atoms with Crippen molar-refractivity contribution in [2.75, 3.05) is 24.5 Å². The summed E-state index contributed by atoms with van der Waals surface area (Å²) in [5.74, 6) is -0.377. The van der Waals surface area contributed by atoms with Crippen molar-refractivity contribution in [3.8, 4) is 5.69 Å². The largest absolute Gasteiger partial charge is 0.312 e. The molecule has 0 saturated carbocycles. The van der Waals surface area contributed by atoms with Crippen molar-refractivity contribution >= 4 is 21.6 Å². The Balaban J connectivity index is 1.60. The SMILES string of the molecule is CCN(CC)S(=O)(=O)c1ccc2c(c1)CCCN2C(=O)Cc1c(C)nn(-c2ccc(F)cc2)c1C. The average Bonchev–Trinajstić information content (AvgIpc) is 3.12. The van der Waals surface area contributed by atoms with Crippen LogP contribution in [0.2, 0.25) is 0 Å². The third-order valence-electron chi connectivity index (χ3n) is 6.65. The lowest BCUT2D eigenvalue weighted by Gasteiger charge is -2.30. The van der Waals surface area contributed by atoms with Gasteiger partial charge in [-0.3, -0.25) is 4.79 Å². The fraction of sp³-hybridized carbons (Fsp3) is 0.385. The van der Waals surface area contributed by atoms with Gasteiger partial charge in [0.05, 0.1) is 22.7 Å². The first-order chi connectivity index (χ1) is 16.7. The molecule has 1 amide bonds. The minimum Gasteiger partial charge on any atom is -0.312 e. The Hall–Kier alpha value is -3.04.